The smallest absolute Gasteiger partial charge is 0.243 e. The number of carbonyl (C=O) groups excluding carboxylic acids is 2. The minimum atomic E-state index is -0.518. The van der Waals surface area contributed by atoms with Gasteiger partial charge >= 0.3 is 0 Å². The summed E-state index contributed by atoms with van der Waals surface area (Å²) in [5, 5.41) is 4.13. The second kappa shape index (κ2) is 13.3. The third-order valence-electron chi connectivity index (χ3n) is 6.00. The van der Waals surface area contributed by atoms with Crippen molar-refractivity contribution >= 4 is 46.8 Å². The van der Waals surface area contributed by atoms with E-state index >= 15 is 0 Å². The van der Waals surface area contributed by atoms with Crippen LogP contribution in [0.5, 0.6) is 0 Å². The van der Waals surface area contributed by atoms with Crippen molar-refractivity contribution in [2.75, 3.05) is 5.75 Å². The van der Waals surface area contributed by atoms with E-state index in [1.54, 1.807) is 28.8 Å². The molecule has 1 N–H and O–H groups in total. The standard InChI is InChI=1S/C26H32Cl2N2O2S/c1-2-24(26(32)29-20-9-5-3-6-10-20)30(18-19-13-14-22(27)23(28)17-19)25(31)15-16-33-21-11-7-4-8-12-21/h4,7-8,11-14,17,20,24H,2-3,5-6,9-10,15-16,18H2,1H3,(H,29,32). The van der Waals surface area contributed by atoms with Crippen molar-refractivity contribution in [3.63, 3.8) is 0 Å². The number of thioether (sulfide) groups is 1. The topological polar surface area (TPSA) is 49.4 Å². The molecule has 178 valence electrons. The van der Waals surface area contributed by atoms with Gasteiger partial charge in [-0.3, -0.25) is 9.59 Å². The number of amides is 2. The zero-order valence-electron chi connectivity index (χ0n) is 19.1. The number of benzene rings is 2. The molecule has 2 amide bonds. The van der Waals surface area contributed by atoms with Crippen molar-refractivity contribution in [3.8, 4) is 0 Å². The molecule has 1 aliphatic carbocycles. The van der Waals surface area contributed by atoms with Gasteiger partial charge in [-0.05, 0) is 49.1 Å². The minimum Gasteiger partial charge on any atom is -0.352 e. The van der Waals surface area contributed by atoms with Crippen LogP contribution >= 0.6 is 35.0 Å². The first kappa shape index (κ1) is 25.9. The minimum absolute atomic E-state index is 0.0323. The van der Waals surface area contributed by atoms with E-state index in [9.17, 15) is 9.59 Å². The van der Waals surface area contributed by atoms with E-state index < -0.39 is 6.04 Å². The van der Waals surface area contributed by atoms with Crippen molar-refractivity contribution in [3.05, 3.63) is 64.1 Å². The molecule has 7 heteroatoms. The van der Waals surface area contributed by atoms with E-state index in [1.165, 1.54) is 6.42 Å². The summed E-state index contributed by atoms with van der Waals surface area (Å²) in [4.78, 5) is 29.4. The maximum Gasteiger partial charge on any atom is 0.243 e. The lowest BCUT2D eigenvalue weighted by Crippen LogP contribution is -2.51. The quantitative estimate of drug-likeness (QED) is 0.363. The zero-order chi connectivity index (χ0) is 23.6. The maximum atomic E-state index is 13.4. The SMILES string of the molecule is CCC(C(=O)NC1CCCCC1)N(Cc1ccc(Cl)c(Cl)c1)C(=O)CCSc1ccccc1. The molecule has 0 aliphatic heterocycles. The summed E-state index contributed by atoms with van der Waals surface area (Å²) in [6.07, 6.45) is 6.44. The molecule has 3 rings (SSSR count). The van der Waals surface area contributed by atoms with E-state index in [0.29, 0.717) is 35.2 Å². The van der Waals surface area contributed by atoms with E-state index in [2.05, 4.69) is 5.32 Å². The average Bonchev–Trinajstić information content (AvgIpc) is 2.82. The van der Waals surface area contributed by atoms with Crippen LogP contribution in [0.25, 0.3) is 0 Å². The number of halogens is 2. The molecule has 1 saturated carbocycles. The second-order valence-corrected chi connectivity index (χ2v) is 10.4. The summed E-state index contributed by atoms with van der Waals surface area (Å²) in [6, 6.07) is 15.1. The van der Waals surface area contributed by atoms with Gasteiger partial charge in [-0.25, -0.2) is 0 Å². The Hall–Kier alpha value is -1.69. The summed E-state index contributed by atoms with van der Waals surface area (Å²) < 4.78 is 0. The lowest BCUT2D eigenvalue weighted by molar-refractivity contribution is -0.141. The molecule has 0 radical (unpaired) electrons. The van der Waals surface area contributed by atoms with E-state index in [4.69, 9.17) is 23.2 Å². The number of nitrogens with zero attached hydrogens (tertiary/aromatic N) is 1. The normalized spacial score (nSPS) is 15.1. The Labute approximate surface area is 211 Å². The van der Waals surface area contributed by atoms with Crippen molar-refractivity contribution in [1.82, 2.24) is 10.2 Å². The fourth-order valence-corrected chi connectivity index (χ4v) is 5.40. The van der Waals surface area contributed by atoms with Crippen molar-refractivity contribution in [2.45, 2.75) is 75.4 Å². The van der Waals surface area contributed by atoms with Crippen molar-refractivity contribution in [2.24, 2.45) is 0 Å². The first-order valence-electron chi connectivity index (χ1n) is 11.7. The molecular weight excluding hydrogens is 475 g/mol. The van der Waals surface area contributed by atoms with Crippen LogP contribution in [0.1, 0.15) is 57.4 Å². The number of hydrogen-bond acceptors (Lipinski definition) is 3. The van der Waals surface area contributed by atoms with Gasteiger partial charge in [0.2, 0.25) is 11.8 Å². The lowest BCUT2D eigenvalue weighted by Gasteiger charge is -2.33. The first-order chi connectivity index (χ1) is 16.0. The molecule has 1 fully saturated rings. The van der Waals surface area contributed by atoms with E-state index in [-0.39, 0.29) is 17.9 Å². The van der Waals surface area contributed by atoms with Crippen LogP contribution in [0.4, 0.5) is 0 Å². The van der Waals surface area contributed by atoms with Gasteiger partial charge in [0.15, 0.2) is 0 Å². The van der Waals surface area contributed by atoms with Crippen molar-refractivity contribution in [1.29, 1.82) is 0 Å². The Balaban J connectivity index is 1.72. The Bertz CT molecular complexity index is 920. The van der Waals surface area contributed by atoms with Gasteiger partial charge in [-0.2, -0.15) is 0 Å². The Morgan fingerprint density at radius 2 is 1.79 bits per heavy atom. The monoisotopic (exact) mass is 506 g/mol. The molecule has 1 unspecified atom stereocenters. The molecule has 2 aromatic rings. The highest BCUT2D eigenvalue weighted by Crippen LogP contribution is 2.25. The zero-order valence-corrected chi connectivity index (χ0v) is 21.4. The predicted molar refractivity (Wildman–Crippen MR) is 138 cm³/mol. The molecule has 0 aromatic heterocycles. The molecule has 1 aliphatic rings. The fraction of sp³-hybridized carbons (Fsp3) is 0.462. The van der Waals surface area contributed by atoms with Crippen LogP contribution in [0.3, 0.4) is 0 Å². The van der Waals surface area contributed by atoms with Crippen LogP contribution in [0.15, 0.2) is 53.4 Å². The molecule has 2 aromatic carbocycles. The number of hydrogen-bond donors (Lipinski definition) is 1. The highest BCUT2D eigenvalue weighted by Gasteiger charge is 2.30. The highest BCUT2D eigenvalue weighted by molar-refractivity contribution is 7.99. The molecule has 4 nitrogen and oxygen atoms in total. The molecule has 1 atom stereocenters. The van der Waals surface area contributed by atoms with E-state index in [1.807, 2.05) is 43.3 Å². The van der Waals surface area contributed by atoms with Gasteiger partial charge in [-0.15, -0.1) is 11.8 Å². The van der Waals surface area contributed by atoms with Crippen LogP contribution in [-0.2, 0) is 16.1 Å². The van der Waals surface area contributed by atoms with E-state index in [0.717, 1.165) is 36.1 Å². The summed E-state index contributed by atoms with van der Waals surface area (Å²) in [7, 11) is 0. The van der Waals surface area contributed by atoms with Gasteiger partial charge in [0.05, 0.1) is 10.0 Å². The predicted octanol–water partition coefficient (Wildman–Crippen LogP) is 6.73. The largest absolute Gasteiger partial charge is 0.352 e. The van der Waals surface area contributed by atoms with Crippen LogP contribution in [0.2, 0.25) is 10.0 Å². The molecule has 0 saturated heterocycles. The highest BCUT2D eigenvalue weighted by atomic mass is 35.5. The van der Waals surface area contributed by atoms with Gasteiger partial charge in [0, 0.05) is 29.7 Å². The number of carbonyl (C=O) groups is 2. The summed E-state index contributed by atoms with van der Waals surface area (Å²) >= 11 is 13.9. The summed E-state index contributed by atoms with van der Waals surface area (Å²) in [5.74, 6) is 0.560. The second-order valence-electron chi connectivity index (χ2n) is 8.45. The number of rotatable bonds is 10. The molecule has 0 spiro atoms. The van der Waals surface area contributed by atoms with Crippen molar-refractivity contribution < 1.29 is 9.59 Å². The molecule has 0 bridgehead atoms. The van der Waals surface area contributed by atoms with Crippen LogP contribution in [0, 0.1) is 0 Å². The third kappa shape index (κ3) is 7.94. The van der Waals surface area contributed by atoms with Gasteiger partial charge < -0.3 is 10.2 Å². The molecule has 33 heavy (non-hydrogen) atoms. The lowest BCUT2D eigenvalue weighted by atomic mass is 9.95. The Kier molecular flexibility index (Phi) is 10.4. The maximum absolute atomic E-state index is 13.4. The van der Waals surface area contributed by atoms with Gasteiger partial charge in [-0.1, -0.05) is 73.7 Å². The Morgan fingerprint density at radius 1 is 1.06 bits per heavy atom. The Morgan fingerprint density at radius 3 is 2.45 bits per heavy atom. The molecular formula is C26H32Cl2N2O2S. The number of nitrogens with one attached hydrogen (secondary N) is 1. The fourth-order valence-electron chi connectivity index (χ4n) is 4.22. The van der Waals surface area contributed by atoms with Crippen LogP contribution in [-0.4, -0.2) is 34.6 Å². The molecule has 0 heterocycles. The third-order valence-corrected chi connectivity index (χ3v) is 7.76. The van der Waals surface area contributed by atoms with Gasteiger partial charge in [0.25, 0.3) is 0 Å². The first-order valence-corrected chi connectivity index (χ1v) is 13.4. The summed E-state index contributed by atoms with van der Waals surface area (Å²) in [5.41, 5.74) is 0.859. The summed E-state index contributed by atoms with van der Waals surface area (Å²) in [6.45, 7) is 2.28. The van der Waals surface area contributed by atoms with Crippen LogP contribution < -0.4 is 5.32 Å². The average molecular weight is 508 g/mol. The van der Waals surface area contributed by atoms with Gasteiger partial charge in [0.1, 0.15) is 6.04 Å².